The lowest BCUT2D eigenvalue weighted by Gasteiger charge is -2.15. The first-order valence-electron chi connectivity index (χ1n) is 8.02. The molecular formula is C19H24N2O3. The van der Waals surface area contributed by atoms with Gasteiger partial charge in [0.05, 0.1) is 7.11 Å². The zero-order valence-corrected chi connectivity index (χ0v) is 14.1. The second kappa shape index (κ2) is 8.82. The van der Waals surface area contributed by atoms with Crippen molar-refractivity contribution in [1.29, 1.82) is 0 Å². The highest BCUT2D eigenvalue weighted by Crippen LogP contribution is 2.12. The quantitative estimate of drug-likeness (QED) is 0.732. The van der Waals surface area contributed by atoms with Gasteiger partial charge in [0.25, 0.3) is 0 Å². The van der Waals surface area contributed by atoms with Gasteiger partial charge < -0.3 is 20.5 Å². The molecule has 0 aromatic heterocycles. The van der Waals surface area contributed by atoms with Crippen LogP contribution in [-0.4, -0.2) is 30.8 Å². The molecule has 5 nitrogen and oxygen atoms in total. The predicted molar refractivity (Wildman–Crippen MR) is 94.5 cm³/mol. The average molecular weight is 328 g/mol. The molecule has 0 saturated heterocycles. The Morgan fingerprint density at radius 2 is 1.71 bits per heavy atom. The molecule has 0 saturated carbocycles. The second-order valence-corrected chi connectivity index (χ2v) is 5.77. The first-order chi connectivity index (χ1) is 11.6. The summed E-state index contributed by atoms with van der Waals surface area (Å²) < 4.78 is 5.12. The van der Waals surface area contributed by atoms with Crippen LogP contribution in [0.1, 0.15) is 18.1 Å². The van der Waals surface area contributed by atoms with E-state index >= 15 is 0 Å². The lowest BCUT2D eigenvalue weighted by molar-refractivity contribution is 0.238. The summed E-state index contributed by atoms with van der Waals surface area (Å²) in [6.45, 7) is 2.53. The molecule has 128 valence electrons. The molecule has 0 spiro atoms. The standard InChI is InChI=1S/C19H24N2O3/c1-14(13-16-3-7-17(22)8-4-16)21-19(23)20-12-11-15-5-9-18(24-2)10-6-15/h3-10,14,22H,11-13H2,1-2H3,(H2,20,21,23). The van der Waals surface area contributed by atoms with Gasteiger partial charge in [-0.3, -0.25) is 0 Å². The van der Waals surface area contributed by atoms with E-state index < -0.39 is 0 Å². The van der Waals surface area contributed by atoms with Gasteiger partial charge in [-0.2, -0.15) is 0 Å². The van der Waals surface area contributed by atoms with Crippen molar-refractivity contribution in [1.82, 2.24) is 10.6 Å². The minimum Gasteiger partial charge on any atom is -0.508 e. The minimum absolute atomic E-state index is 0.00975. The minimum atomic E-state index is -0.171. The maximum absolute atomic E-state index is 11.9. The SMILES string of the molecule is COc1ccc(CCNC(=O)NC(C)Cc2ccc(O)cc2)cc1. The van der Waals surface area contributed by atoms with E-state index in [1.54, 1.807) is 19.2 Å². The molecule has 0 heterocycles. The Morgan fingerprint density at radius 3 is 2.33 bits per heavy atom. The van der Waals surface area contributed by atoms with Crippen molar-refractivity contribution in [2.75, 3.05) is 13.7 Å². The molecule has 2 aromatic rings. The third-order valence-electron chi connectivity index (χ3n) is 3.71. The molecular weight excluding hydrogens is 304 g/mol. The topological polar surface area (TPSA) is 70.6 Å². The molecule has 0 aliphatic heterocycles. The number of nitrogens with one attached hydrogen (secondary N) is 2. The molecule has 0 aliphatic rings. The largest absolute Gasteiger partial charge is 0.508 e. The number of benzene rings is 2. The van der Waals surface area contributed by atoms with Gasteiger partial charge in [0.15, 0.2) is 0 Å². The van der Waals surface area contributed by atoms with E-state index in [1.807, 2.05) is 43.3 Å². The molecule has 0 aliphatic carbocycles. The Morgan fingerprint density at radius 1 is 1.08 bits per heavy atom. The van der Waals surface area contributed by atoms with Crippen LogP contribution in [0.5, 0.6) is 11.5 Å². The molecule has 0 fully saturated rings. The number of aromatic hydroxyl groups is 1. The third-order valence-corrected chi connectivity index (χ3v) is 3.71. The number of rotatable bonds is 7. The molecule has 2 amide bonds. The Labute approximate surface area is 142 Å². The van der Waals surface area contributed by atoms with Crippen LogP contribution in [-0.2, 0) is 12.8 Å². The number of phenolic OH excluding ortho intramolecular Hbond substituents is 1. The van der Waals surface area contributed by atoms with Crippen molar-refractivity contribution in [3.8, 4) is 11.5 Å². The van der Waals surface area contributed by atoms with E-state index in [4.69, 9.17) is 4.74 Å². The smallest absolute Gasteiger partial charge is 0.315 e. The lowest BCUT2D eigenvalue weighted by Crippen LogP contribution is -2.42. The van der Waals surface area contributed by atoms with Crippen molar-refractivity contribution in [2.24, 2.45) is 0 Å². The van der Waals surface area contributed by atoms with Crippen LogP contribution in [0.2, 0.25) is 0 Å². The molecule has 0 radical (unpaired) electrons. The van der Waals surface area contributed by atoms with Gasteiger partial charge in [0.1, 0.15) is 11.5 Å². The first kappa shape index (κ1) is 17.7. The second-order valence-electron chi connectivity index (χ2n) is 5.77. The van der Waals surface area contributed by atoms with E-state index in [0.717, 1.165) is 23.3 Å². The molecule has 2 aromatic carbocycles. The van der Waals surface area contributed by atoms with Crippen LogP contribution >= 0.6 is 0 Å². The summed E-state index contributed by atoms with van der Waals surface area (Å²) in [4.78, 5) is 11.9. The molecule has 0 bridgehead atoms. The van der Waals surface area contributed by atoms with Gasteiger partial charge in [-0.25, -0.2) is 4.79 Å². The number of phenols is 1. The Balaban J connectivity index is 1.69. The predicted octanol–water partition coefficient (Wildman–Crippen LogP) is 2.87. The number of hydrogen-bond acceptors (Lipinski definition) is 3. The van der Waals surface area contributed by atoms with Crippen molar-refractivity contribution in [3.05, 3.63) is 59.7 Å². The molecule has 1 atom stereocenters. The van der Waals surface area contributed by atoms with Crippen molar-refractivity contribution in [3.63, 3.8) is 0 Å². The number of carbonyl (C=O) groups is 1. The average Bonchev–Trinajstić information content (AvgIpc) is 2.57. The van der Waals surface area contributed by atoms with E-state index in [2.05, 4.69) is 10.6 Å². The van der Waals surface area contributed by atoms with Crippen molar-refractivity contribution < 1.29 is 14.6 Å². The number of methoxy groups -OCH3 is 1. The van der Waals surface area contributed by atoms with Crippen LogP contribution in [0.25, 0.3) is 0 Å². The Hall–Kier alpha value is -2.69. The van der Waals surface area contributed by atoms with E-state index in [9.17, 15) is 9.90 Å². The van der Waals surface area contributed by atoms with Crippen LogP contribution in [0.4, 0.5) is 4.79 Å². The van der Waals surface area contributed by atoms with Gasteiger partial charge in [-0.1, -0.05) is 24.3 Å². The van der Waals surface area contributed by atoms with Crippen molar-refractivity contribution >= 4 is 6.03 Å². The van der Waals surface area contributed by atoms with E-state index in [0.29, 0.717) is 13.0 Å². The molecule has 2 rings (SSSR count). The van der Waals surface area contributed by atoms with Crippen LogP contribution in [0.15, 0.2) is 48.5 Å². The number of urea groups is 1. The highest BCUT2D eigenvalue weighted by Gasteiger charge is 2.07. The molecule has 24 heavy (non-hydrogen) atoms. The lowest BCUT2D eigenvalue weighted by atomic mass is 10.1. The summed E-state index contributed by atoms with van der Waals surface area (Å²) in [5.74, 6) is 1.07. The van der Waals surface area contributed by atoms with E-state index in [-0.39, 0.29) is 17.8 Å². The number of amides is 2. The highest BCUT2D eigenvalue weighted by atomic mass is 16.5. The summed E-state index contributed by atoms with van der Waals surface area (Å²) in [7, 11) is 1.64. The van der Waals surface area contributed by atoms with Crippen molar-refractivity contribution in [2.45, 2.75) is 25.8 Å². The maximum atomic E-state index is 11.9. The summed E-state index contributed by atoms with van der Waals surface area (Å²) >= 11 is 0. The highest BCUT2D eigenvalue weighted by molar-refractivity contribution is 5.74. The normalized spacial score (nSPS) is 11.6. The number of hydrogen-bond donors (Lipinski definition) is 3. The van der Waals surface area contributed by atoms with E-state index in [1.165, 1.54) is 0 Å². The van der Waals surface area contributed by atoms with Gasteiger partial charge in [-0.05, 0) is 55.2 Å². The zero-order valence-electron chi connectivity index (χ0n) is 14.1. The number of carbonyl (C=O) groups excluding carboxylic acids is 1. The van der Waals surface area contributed by atoms with Gasteiger partial charge >= 0.3 is 6.03 Å². The fourth-order valence-electron chi connectivity index (χ4n) is 2.42. The third kappa shape index (κ3) is 5.83. The zero-order chi connectivity index (χ0) is 17.4. The Bertz CT molecular complexity index is 639. The van der Waals surface area contributed by atoms with Gasteiger partial charge in [-0.15, -0.1) is 0 Å². The summed E-state index contributed by atoms with van der Waals surface area (Å²) in [6, 6.07) is 14.7. The van der Waals surface area contributed by atoms with Crippen LogP contribution in [0, 0.1) is 0 Å². The van der Waals surface area contributed by atoms with Gasteiger partial charge in [0.2, 0.25) is 0 Å². The Kier molecular flexibility index (Phi) is 6.49. The summed E-state index contributed by atoms with van der Waals surface area (Å²) in [5, 5.41) is 15.0. The fourth-order valence-corrected chi connectivity index (χ4v) is 2.42. The monoisotopic (exact) mass is 328 g/mol. The fraction of sp³-hybridized carbons (Fsp3) is 0.316. The summed E-state index contributed by atoms with van der Waals surface area (Å²) in [6.07, 6.45) is 1.48. The molecule has 1 unspecified atom stereocenters. The molecule has 5 heteroatoms. The number of ether oxygens (including phenoxy) is 1. The van der Waals surface area contributed by atoms with Crippen LogP contribution < -0.4 is 15.4 Å². The summed E-state index contributed by atoms with van der Waals surface area (Å²) in [5.41, 5.74) is 2.21. The first-order valence-corrected chi connectivity index (χ1v) is 8.02. The van der Waals surface area contributed by atoms with Gasteiger partial charge in [0, 0.05) is 12.6 Å². The van der Waals surface area contributed by atoms with Crippen LogP contribution in [0.3, 0.4) is 0 Å². The maximum Gasteiger partial charge on any atom is 0.315 e. The molecule has 3 N–H and O–H groups in total.